The lowest BCUT2D eigenvalue weighted by molar-refractivity contribution is 0.661. The Labute approximate surface area is 101 Å². The Morgan fingerprint density at radius 2 is 2.41 bits per heavy atom. The molecule has 0 aliphatic heterocycles. The minimum absolute atomic E-state index is 0.852. The van der Waals surface area contributed by atoms with E-state index in [0.29, 0.717) is 0 Å². The topological polar surface area (TPSA) is 58.5 Å². The number of aromatic nitrogens is 4. The van der Waals surface area contributed by atoms with Gasteiger partial charge in [0.05, 0.1) is 18.3 Å². The van der Waals surface area contributed by atoms with E-state index in [1.165, 1.54) is 0 Å². The molecule has 5 nitrogen and oxygen atoms in total. The molecule has 2 heterocycles. The lowest BCUT2D eigenvalue weighted by Crippen LogP contribution is -2.13. The molecule has 0 aliphatic rings. The lowest BCUT2D eigenvalue weighted by Gasteiger charge is -2.00. The van der Waals surface area contributed by atoms with E-state index >= 15 is 0 Å². The molecule has 0 unspecified atom stereocenters. The predicted octanol–water partition coefficient (Wildman–Crippen LogP) is 1.35. The Hall–Kier alpha value is -1.62. The van der Waals surface area contributed by atoms with Crippen molar-refractivity contribution in [3.8, 4) is 0 Å². The van der Waals surface area contributed by atoms with Crippen LogP contribution in [0.2, 0.25) is 0 Å². The molecule has 0 aliphatic carbocycles. The summed E-state index contributed by atoms with van der Waals surface area (Å²) in [5, 5.41) is 3.34. The average molecular weight is 233 g/mol. The zero-order valence-electron chi connectivity index (χ0n) is 10.2. The van der Waals surface area contributed by atoms with Crippen LogP contribution in [0.25, 0.3) is 0 Å². The summed E-state index contributed by atoms with van der Waals surface area (Å²) >= 11 is 0. The second-order valence-corrected chi connectivity index (χ2v) is 4.11. The van der Waals surface area contributed by atoms with Gasteiger partial charge in [-0.15, -0.1) is 0 Å². The molecule has 92 valence electrons. The molecule has 0 radical (unpaired) electrons. The minimum Gasteiger partial charge on any atom is -0.348 e. The molecule has 0 saturated heterocycles. The van der Waals surface area contributed by atoms with Crippen LogP contribution in [0.1, 0.15) is 24.7 Å². The quantitative estimate of drug-likeness (QED) is 0.710. The Balaban J connectivity index is 1.77. The van der Waals surface area contributed by atoms with Crippen molar-refractivity contribution in [2.75, 3.05) is 6.54 Å². The normalized spacial score (nSPS) is 10.9. The largest absolute Gasteiger partial charge is 0.348 e. The zero-order chi connectivity index (χ0) is 11.9. The summed E-state index contributed by atoms with van der Waals surface area (Å²) in [5.74, 6) is 0. The maximum absolute atomic E-state index is 4.36. The molecular weight excluding hydrogens is 214 g/mol. The molecule has 5 heteroatoms. The highest BCUT2D eigenvalue weighted by Gasteiger charge is 1.99. The summed E-state index contributed by atoms with van der Waals surface area (Å²) in [6.45, 7) is 4.99. The van der Waals surface area contributed by atoms with Gasteiger partial charge in [0.2, 0.25) is 0 Å². The van der Waals surface area contributed by atoms with Gasteiger partial charge < -0.3 is 14.9 Å². The Kier molecular flexibility index (Phi) is 4.32. The molecule has 17 heavy (non-hydrogen) atoms. The number of H-pyrrole nitrogens is 1. The average Bonchev–Trinajstić information content (AvgIpc) is 2.98. The molecule has 0 saturated carbocycles. The van der Waals surface area contributed by atoms with Crippen LogP contribution >= 0.6 is 0 Å². The fourth-order valence-corrected chi connectivity index (χ4v) is 1.68. The summed E-state index contributed by atoms with van der Waals surface area (Å²) < 4.78 is 2.11. The highest BCUT2D eigenvalue weighted by atomic mass is 15.0. The van der Waals surface area contributed by atoms with Crippen LogP contribution in [-0.2, 0) is 19.5 Å². The van der Waals surface area contributed by atoms with Gasteiger partial charge >= 0.3 is 0 Å². The molecular formula is C12H19N5. The van der Waals surface area contributed by atoms with Crippen LogP contribution in [-0.4, -0.2) is 26.1 Å². The molecule has 0 spiro atoms. The Morgan fingerprint density at radius 3 is 3.18 bits per heavy atom. The van der Waals surface area contributed by atoms with E-state index in [-0.39, 0.29) is 0 Å². The maximum atomic E-state index is 4.36. The molecule has 0 fully saturated rings. The van der Waals surface area contributed by atoms with E-state index in [1.54, 1.807) is 6.33 Å². The van der Waals surface area contributed by atoms with Crippen LogP contribution in [0.5, 0.6) is 0 Å². The highest BCUT2D eigenvalue weighted by molar-refractivity contribution is 4.98. The molecule has 0 bridgehead atoms. The van der Waals surface area contributed by atoms with Crippen LogP contribution < -0.4 is 5.32 Å². The molecule has 0 amide bonds. The number of aromatic amines is 1. The number of hydrogen-bond acceptors (Lipinski definition) is 3. The van der Waals surface area contributed by atoms with Gasteiger partial charge in [-0.3, -0.25) is 0 Å². The van der Waals surface area contributed by atoms with Crippen molar-refractivity contribution in [3.05, 3.63) is 36.4 Å². The van der Waals surface area contributed by atoms with Gasteiger partial charge in [-0.25, -0.2) is 9.97 Å². The highest BCUT2D eigenvalue weighted by Crippen LogP contribution is 2.00. The Morgan fingerprint density at radius 1 is 1.47 bits per heavy atom. The molecule has 0 aromatic carbocycles. The monoisotopic (exact) mass is 233 g/mol. The van der Waals surface area contributed by atoms with Gasteiger partial charge in [-0.1, -0.05) is 6.92 Å². The predicted molar refractivity (Wildman–Crippen MR) is 66.5 cm³/mol. The maximum Gasteiger partial charge on any atom is 0.0950 e. The van der Waals surface area contributed by atoms with Gasteiger partial charge in [0.25, 0.3) is 0 Å². The van der Waals surface area contributed by atoms with Crippen molar-refractivity contribution in [2.45, 2.75) is 32.9 Å². The van der Waals surface area contributed by atoms with Gasteiger partial charge in [-0.2, -0.15) is 0 Å². The molecule has 2 aromatic heterocycles. The molecule has 0 atom stereocenters. The van der Waals surface area contributed by atoms with Crippen molar-refractivity contribution in [3.63, 3.8) is 0 Å². The number of hydrogen-bond donors (Lipinski definition) is 2. The fourth-order valence-electron chi connectivity index (χ4n) is 1.68. The van der Waals surface area contributed by atoms with E-state index in [1.807, 2.05) is 12.5 Å². The standard InChI is InChI=1S/C12H19N5/c1-2-4-13-7-12-8-17(10-16-12)5-3-11-6-14-9-15-11/h6,8-10,13H,2-5,7H2,1H3,(H,14,15). The molecule has 2 aromatic rings. The van der Waals surface area contributed by atoms with E-state index < -0.39 is 0 Å². The van der Waals surface area contributed by atoms with E-state index in [0.717, 1.165) is 43.9 Å². The zero-order valence-corrected chi connectivity index (χ0v) is 10.2. The van der Waals surface area contributed by atoms with Crippen LogP contribution in [0, 0.1) is 0 Å². The van der Waals surface area contributed by atoms with Crippen LogP contribution in [0.3, 0.4) is 0 Å². The van der Waals surface area contributed by atoms with Crippen molar-refractivity contribution >= 4 is 0 Å². The van der Waals surface area contributed by atoms with Crippen molar-refractivity contribution in [2.24, 2.45) is 0 Å². The first-order chi connectivity index (χ1) is 8.38. The summed E-state index contributed by atoms with van der Waals surface area (Å²) in [6.07, 6.45) is 9.67. The summed E-state index contributed by atoms with van der Waals surface area (Å²) in [5.41, 5.74) is 2.26. The van der Waals surface area contributed by atoms with Crippen LogP contribution in [0.4, 0.5) is 0 Å². The summed E-state index contributed by atoms with van der Waals surface area (Å²) in [7, 11) is 0. The van der Waals surface area contributed by atoms with Crippen LogP contribution in [0.15, 0.2) is 25.0 Å². The summed E-state index contributed by atoms with van der Waals surface area (Å²) in [4.78, 5) is 11.5. The smallest absolute Gasteiger partial charge is 0.0950 e. The number of nitrogens with one attached hydrogen (secondary N) is 2. The molecule has 2 rings (SSSR count). The fraction of sp³-hybridized carbons (Fsp3) is 0.500. The van der Waals surface area contributed by atoms with Gasteiger partial charge in [-0.05, 0) is 13.0 Å². The van der Waals surface area contributed by atoms with Crippen molar-refractivity contribution < 1.29 is 0 Å². The number of aryl methyl sites for hydroxylation is 2. The van der Waals surface area contributed by atoms with Crippen molar-refractivity contribution in [1.82, 2.24) is 24.8 Å². The first-order valence-electron chi connectivity index (χ1n) is 6.07. The second kappa shape index (κ2) is 6.20. The van der Waals surface area contributed by atoms with E-state index in [9.17, 15) is 0 Å². The second-order valence-electron chi connectivity index (χ2n) is 4.11. The molecule has 2 N–H and O–H groups in total. The summed E-state index contributed by atoms with van der Waals surface area (Å²) in [6, 6.07) is 0. The number of imidazole rings is 2. The minimum atomic E-state index is 0.852. The van der Waals surface area contributed by atoms with E-state index in [4.69, 9.17) is 0 Å². The first kappa shape index (κ1) is 11.9. The number of rotatable bonds is 7. The third-order valence-corrected chi connectivity index (χ3v) is 2.61. The van der Waals surface area contributed by atoms with Gasteiger partial charge in [0.15, 0.2) is 0 Å². The first-order valence-corrected chi connectivity index (χ1v) is 6.07. The van der Waals surface area contributed by atoms with Crippen molar-refractivity contribution in [1.29, 1.82) is 0 Å². The van der Waals surface area contributed by atoms with E-state index in [2.05, 4.69) is 38.0 Å². The third kappa shape index (κ3) is 3.71. The SMILES string of the molecule is CCCNCc1cn(CCc2cnc[nH]2)cn1. The van der Waals surface area contributed by atoms with Gasteiger partial charge in [0.1, 0.15) is 0 Å². The Bertz CT molecular complexity index is 418. The number of nitrogens with zero attached hydrogens (tertiary/aromatic N) is 3. The third-order valence-electron chi connectivity index (χ3n) is 2.61. The van der Waals surface area contributed by atoms with Gasteiger partial charge in [0, 0.05) is 37.6 Å². The lowest BCUT2D eigenvalue weighted by atomic mass is 10.3.